The van der Waals surface area contributed by atoms with Crippen molar-refractivity contribution in [3.63, 3.8) is 0 Å². The van der Waals surface area contributed by atoms with Crippen LogP contribution < -0.4 is 4.90 Å². The number of rotatable bonds is 7. The Kier molecular flexibility index (Phi) is 8.07. The van der Waals surface area contributed by atoms with E-state index in [9.17, 15) is 13.6 Å². The van der Waals surface area contributed by atoms with Crippen LogP contribution in [0.1, 0.15) is 29.8 Å². The zero-order valence-corrected chi connectivity index (χ0v) is 18.2. The molecule has 8 heteroatoms. The second kappa shape index (κ2) is 10.1. The summed E-state index contributed by atoms with van der Waals surface area (Å²) >= 11 is 1.35. The molecule has 0 atom stereocenters. The molecular weight excluding hydrogens is 416 g/mol. The summed E-state index contributed by atoms with van der Waals surface area (Å²) in [6.45, 7) is 8.55. The lowest BCUT2D eigenvalue weighted by Gasteiger charge is -2.25. The van der Waals surface area contributed by atoms with Crippen molar-refractivity contribution in [2.24, 2.45) is 0 Å². The van der Waals surface area contributed by atoms with Gasteiger partial charge < -0.3 is 4.90 Å². The molecule has 1 aromatic heterocycles. The first-order valence-electron chi connectivity index (χ1n) is 9.30. The third-order valence-electron chi connectivity index (χ3n) is 4.80. The van der Waals surface area contributed by atoms with E-state index in [0.29, 0.717) is 18.2 Å². The number of carbonyl (C=O) groups excluding carboxylic acids is 1. The quantitative estimate of drug-likeness (QED) is 0.501. The molecule has 0 aliphatic heterocycles. The van der Waals surface area contributed by atoms with Crippen LogP contribution in [0.15, 0.2) is 36.4 Å². The minimum Gasteiger partial charge on any atom is -0.302 e. The number of nitrogens with zero attached hydrogens (tertiary/aromatic N) is 3. The number of anilines is 1. The summed E-state index contributed by atoms with van der Waals surface area (Å²) in [7, 11) is 0. The van der Waals surface area contributed by atoms with Crippen LogP contribution in [-0.2, 0) is 0 Å². The normalized spacial score (nSPS) is 11.0. The molecule has 0 bridgehead atoms. The number of benzene rings is 2. The minimum absolute atomic E-state index is 0. The van der Waals surface area contributed by atoms with Gasteiger partial charge in [0.1, 0.15) is 17.2 Å². The molecule has 1 heterocycles. The average Bonchev–Trinajstić information content (AvgIpc) is 3.10. The summed E-state index contributed by atoms with van der Waals surface area (Å²) in [4.78, 5) is 21.3. The van der Waals surface area contributed by atoms with E-state index >= 15 is 0 Å². The number of halogens is 3. The number of hydrogen-bond donors (Lipinski definition) is 0. The Morgan fingerprint density at radius 3 is 2.24 bits per heavy atom. The number of fused-ring (bicyclic) bond motifs is 1. The predicted octanol–water partition coefficient (Wildman–Crippen LogP) is 5.29. The van der Waals surface area contributed by atoms with Crippen molar-refractivity contribution in [1.29, 1.82) is 0 Å². The van der Waals surface area contributed by atoms with Crippen molar-refractivity contribution in [3.05, 3.63) is 59.2 Å². The van der Waals surface area contributed by atoms with Gasteiger partial charge in [-0.1, -0.05) is 43.4 Å². The topological polar surface area (TPSA) is 36.4 Å². The van der Waals surface area contributed by atoms with Crippen LogP contribution in [-0.4, -0.2) is 42.0 Å². The Morgan fingerprint density at radius 2 is 1.66 bits per heavy atom. The number of likely N-dealkylation sites (N-methyl/N-ethyl adjacent to an activating group) is 1. The Hall–Kier alpha value is -2.09. The number of amides is 1. The fraction of sp³-hybridized carbons (Fsp3) is 0.333. The summed E-state index contributed by atoms with van der Waals surface area (Å²) in [5.41, 5.74) is 1.25. The van der Waals surface area contributed by atoms with Crippen LogP contribution in [0.2, 0.25) is 0 Å². The van der Waals surface area contributed by atoms with Gasteiger partial charge in [-0.2, -0.15) is 0 Å². The Balaban J connectivity index is 0.00000300. The highest BCUT2D eigenvalue weighted by Crippen LogP contribution is 2.32. The highest BCUT2D eigenvalue weighted by molar-refractivity contribution is 7.22. The lowest BCUT2D eigenvalue weighted by atomic mass is 10.1. The molecule has 0 fully saturated rings. The van der Waals surface area contributed by atoms with E-state index in [1.807, 2.05) is 39.0 Å². The largest absolute Gasteiger partial charge is 0.302 e. The Bertz CT molecular complexity index is 971. The summed E-state index contributed by atoms with van der Waals surface area (Å²) in [6, 6.07) is 9.26. The molecule has 2 aromatic carbocycles. The van der Waals surface area contributed by atoms with Crippen LogP contribution in [0.4, 0.5) is 13.9 Å². The van der Waals surface area contributed by atoms with E-state index in [1.165, 1.54) is 22.3 Å². The van der Waals surface area contributed by atoms with E-state index < -0.39 is 23.1 Å². The molecule has 156 valence electrons. The molecule has 4 nitrogen and oxygen atoms in total. The lowest BCUT2D eigenvalue weighted by molar-refractivity contribution is 0.0975. The first kappa shape index (κ1) is 23.2. The third-order valence-corrected chi connectivity index (χ3v) is 5.84. The zero-order valence-electron chi connectivity index (χ0n) is 16.6. The summed E-state index contributed by atoms with van der Waals surface area (Å²) in [5, 5.41) is 0.448. The maximum Gasteiger partial charge on any atom is 0.266 e. The second-order valence-electron chi connectivity index (χ2n) is 6.50. The third kappa shape index (κ3) is 4.91. The van der Waals surface area contributed by atoms with E-state index in [2.05, 4.69) is 9.88 Å². The van der Waals surface area contributed by atoms with Crippen molar-refractivity contribution in [2.45, 2.75) is 20.8 Å². The maximum absolute atomic E-state index is 14.3. The minimum atomic E-state index is -0.866. The van der Waals surface area contributed by atoms with Crippen molar-refractivity contribution >= 4 is 45.0 Å². The van der Waals surface area contributed by atoms with Gasteiger partial charge in [-0.15, -0.1) is 12.4 Å². The Labute approximate surface area is 179 Å². The molecule has 0 saturated carbocycles. The number of aromatic nitrogens is 1. The highest BCUT2D eigenvalue weighted by Gasteiger charge is 2.27. The SMILES string of the molecule is CCN(CC)CCN(C(=O)c1c(F)cccc1F)c1nc2c(C)cccc2s1.Cl. The van der Waals surface area contributed by atoms with E-state index in [4.69, 9.17) is 0 Å². The van der Waals surface area contributed by atoms with Gasteiger partial charge in [-0.05, 0) is 43.8 Å². The van der Waals surface area contributed by atoms with Crippen LogP contribution >= 0.6 is 23.7 Å². The van der Waals surface area contributed by atoms with Crippen LogP contribution in [0.5, 0.6) is 0 Å². The second-order valence-corrected chi connectivity index (χ2v) is 7.51. The summed E-state index contributed by atoms with van der Waals surface area (Å²) in [6.07, 6.45) is 0. The highest BCUT2D eigenvalue weighted by atomic mass is 35.5. The smallest absolute Gasteiger partial charge is 0.266 e. The van der Waals surface area contributed by atoms with Gasteiger partial charge in [0, 0.05) is 13.1 Å². The zero-order chi connectivity index (χ0) is 20.3. The van der Waals surface area contributed by atoms with Crippen molar-refractivity contribution in [1.82, 2.24) is 9.88 Å². The fourth-order valence-electron chi connectivity index (χ4n) is 3.09. The number of carbonyl (C=O) groups is 1. The van der Waals surface area contributed by atoms with E-state index in [-0.39, 0.29) is 12.4 Å². The van der Waals surface area contributed by atoms with Gasteiger partial charge in [-0.25, -0.2) is 13.8 Å². The van der Waals surface area contributed by atoms with Gasteiger partial charge in [0.25, 0.3) is 5.91 Å². The average molecular weight is 440 g/mol. The summed E-state index contributed by atoms with van der Waals surface area (Å²) in [5.74, 6) is -2.44. The molecule has 0 spiro atoms. The number of hydrogen-bond acceptors (Lipinski definition) is 4. The fourth-order valence-corrected chi connectivity index (χ4v) is 4.16. The summed E-state index contributed by atoms with van der Waals surface area (Å²) < 4.78 is 29.5. The first-order chi connectivity index (χ1) is 13.5. The molecule has 0 N–H and O–H groups in total. The van der Waals surface area contributed by atoms with Gasteiger partial charge in [0.2, 0.25) is 0 Å². The molecule has 0 radical (unpaired) electrons. The molecule has 0 unspecified atom stereocenters. The van der Waals surface area contributed by atoms with Gasteiger partial charge in [0.15, 0.2) is 5.13 Å². The molecule has 3 rings (SSSR count). The van der Waals surface area contributed by atoms with Gasteiger partial charge >= 0.3 is 0 Å². The predicted molar refractivity (Wildman–Crippen MR) is 117 cm³/mol. The molecule has 29 heavy (non-hydrogen) atoms. The Morgan fingerprint density at radius 1 is 1.03 bits per heavy atom. The van der Waals surface area contributed by atoms with Crippen molar-refractivity contribution in [2.75, 3.05) is 31.1 Å². The molecule has 3 aromatic rings. The molecule has 0 aliphatic rings. The standard InChI is InChI=1S/C21H23F2N3OS.ClH/c1-4-25(5-2)12-13-26(20(27)18-15(22)9-7-10-16(18)23)21-24-19-14(3)8-6-11-17(19)28-21;/h6-11H,4-5,12-13H2,1-3H3;1H. The molecule has 0 aliphatic carbocycles. The maximum atomic E-state index is 14.3. The van der Waals surface area contributed by atoms with Crippen molar-refractivity contribution in [3.8, 4) is 0 Å². The van der Waals surface area contributed by atoms with E-state index in [0.717, 1.165) is 41.0 Å². The number of aryl methyl sites for hydroxylation is 1. The van der Waals surface area contributed by atoms with E-state index in [1.54, 1.807) is 0 Å². The monoisotopic (exact) mass is 439 g/mol. The molecule has 0 saturated heterocycles. The molecular formula is C21H24ClF2N3OS. The number of thiazole rings is 1. The van der Waals surface area contributed by atoms with Crippen LogP contribution in [0.3, 0.4) is 0 Å². The van der Waals surface area contributed by atoms with Crippen LogP contribution in [0, 0.1) is 18.6 Å². The first-order valence-corrected chi connectivity index (χ1v) is 10.1. The van der Waals surface area contributed by atoms with Gasteiger partial charge in [0.05, 0.1) is 10.2 Å². The molecule has 1 amide bonds. The van der Waals surface area contributed by atoms with Crippen molar-refractivity contribution < 1.29 is 13.6 Å². The lowest BCUT2D eigenvalue weighted by Crippen LogP contribution is -2.39. The van der Waals surface area contributed by atoms with Gasteiger partial charge in [-0.3, -0.25) is 9.69 Å². The number of para-hydroxylation sites is 1. The van der Waals surface area contributed by atoms with Crippen LogP contribution in [0.25, 0.3) is 10.2 Å².